The average molecular weight is 350 g/mol. The zero-order valence-corrected chi connectivity index (χ0v) is 14.7. The van der Waals surface area contributed by atoms with E-state index in [1.165, 1.54) is 0 Å². The van der Waals surface area contributed by atoms with Crippen molar-refractivity contribution in [2.45, 2.75) is 31.7 Å². The highest BCUT2D eigenvalue weighted by atomic mass is 16.1. The molecule has 3 N–H and O–H groups in total. The second-order valence-electron chi connectivity index (χ2n) is 7.01. The van der Waals surface area contributed by atoms with E-state index in [-0.39, 0.29) is 17.9 Å². The van der Waals surface area contributed by atoms with Gasteiger partial charge in [0.15, 0.2) is 5.82 Å². The minimum Gasteiger partial charge on any atom is -0.328 e. The molecular formula is C19H22N6O. The lowest BCUT2D eigenvalue weighted by atomic mass is 9.86. The fourth-order valence-electron chi connectivity index (χ4n) is 3.47. The molecule has 1 aliphatic carbocycles. The topological polar surface area (TPSA) is 98.7 Å². The highest BCUT2D eigenvalue weighted by Gasteiger charge is 2.24. The minimum atomic E-state index is 0.00830. The number of anilines is 1. The van der Waals surface area contributed by atoms with Gasteiger partial charge in [-0.3, -0.25) is 9.48 Å². The van der Waals surface area contributed by atoms with Crippen LogP contribution < -0.4 is 11.1 Å². The lowest BCUT2D eigenvalue weighted by Gasteiger charge is -2.24. The van der Waals surface area contributed by atoms with E-state index in [9.17, 15) is 4.79 Å². The van der Waals surface area contributed by atoms with E-state index in [1.807, 2.05) is 43.7 Å². The van der Waals surface area contributed by atoms with E-state index < -0.39 is 0 Å². The van der Waals surface area contributed by atoms with E-state index in [1.54, 1.807) is 4.68 Å². The predicted molar refractivity (Wildman–Crippen MR) is 100 cm³/mol. The number of carbonyl (C=O) groups is 1. The molecule has 3 aromatic rings. The molecule has 4 rings (SSSR count). The number of nitrogens with one attached hydrogen (secondary N) is 1. The van der Waals surface area contributed by atoms with Crippen LogP contribution in [0.4, 0.5) is 5.82 Å². The maximum absolute atomic E-state index is 12.5. The van der Waals surface area contributed by atoms with Crippen molar-refractivity contribution in [3.63, 3.8) is 0 Å². The summed E-state index contributed by atoms with van der Waals surface area (Å²) >= 11 is 0. The van der Waals surface area contributed by atoms with E-state index in [0.717, 1.165) is 47.7 Å². The maximum Gasteiger partial charge on any atom is 0.228 e. The van der Waals surface area contributed by atoms with E-state index in [0.29, 0.717) is 5.82 Å². The summed E-state index contributed by atoms with van der Waals surface area (Å²) in [5.41, 5.74) is 8.80. The minimum absolute atomic E-state index is 0.00830. The molecule has 2 heterocycles. The third kappa shape index (κ3) is 3.43. The Kier molecular flexibility index (Phi) is 4.38. The van der Waals surface area contributed by atoms with Gasteiger partial charge in [-0.1, -0.05) is 6.07 Å². The first-order valence-electron chi connectivity index (χ1n) is 8.91. The van der Waals surface area contributed by atoms with Crippen molar-refractivity contribution in [1.82, 2.24) is 20.0 Å². The Balaban J connectivity index is 1.55. The van der Waals surface area contributed by atoms with Crippen molar-refractivity contribution in [3.8, 4) is 11.1 Å². The summed E-state index contributed by atoms with van der Waals surface area (Å²) in [5, 5.41) is 16.4. The third-order valence-electron chi connectivity index (χ3n) is 5.02. The number of aryl methyl sites for hydroxylation is 1. The summed E-state index contributed by atoms with van der Waals surface area (Å²) in [4.78, 5) is 12.5. The molecule has 2 aromatic heterocycles. The van der Waals surface area contributed by atoms with Gasteiger partial charge < -0.3 is 11.1 Å². The number of hydrogen-bond acceptors (Lipinski definition) is 5. The Hall–Kier alpha value is -2.80. The molecule has 1 amide bonds. The number of benzene rings is 1. The van der Waals surface area contributed by atoms with Crippen LogP contribution >= 0.6 is 0 Å². The van der Waals surface area contributed by atoms with Crippen molar-refractivity contribution in [1.29, 1.82) is 0 Å². The van der Waals surface area contributed by atoms with E-state index in [4.69, 9.17) is 5.73 Å². The van der Waals surface area contributed by atoms with Crippen LogP contribution in [0.2, 0.25) is 0 Å². The van der Waals surface area contributed by atoms with Crippen LogP contribution in [0, 0.1) is 5.92 Å². The van der Waals surface area contributed by atoms with Gasteiger partial charge in [-0.15, -0.1) is 10.2 Å². The molecule has 0 aliphatic heterocycles. The molecule has 0 atom stereocenters. The van der Waals surface area contributed by atoms with Gasteiger partial charge in [0, 0.05) is 36.2 Å². The quantitative estimate of drug-likeness (QED) is 0.756. The first-order chi connectivity index (χ1) is 12.6. The highest BCUT2D eigenvalue weighted by Crippen LogP contribution is 2.26. The summed E-state index contributed by atoms with van der Waals surface area (Å²) in [6.45, 7) is 0. The molecule has 7 heteroatoms. The van der Waals surface area contributed by atoms with Crippen LogP contribution in [-0.2, 0) is 11.8 Å². The molecule has 26 heavy (non-hydrogen) atoms. The zero-order chi connectivity index (χ0) is 18.1. The van der Waals surface area contributed by atoms with Gasteiger partial charge in [-0.25, -0.2) is 0 Å². The zero-order valence-electron chi connectivity index (χ0n) is 14.7. The van der Waals surface area contributed by atoms with Crippen LogP contribution in [0.1, 0.15) is 25.7 Å². The Morgan fingerprint density at radius 3 is 2.69 bits per heavy atom. The second kappa shape index (κ2) is 6.84. The number of amides is 1. The standard InChI is InChI=1S/C19H22N6O/c1-25-11-15(10-21-25)13-4-7-17-14(8-13)9-18(24-23-17)22-19(26)12-2-5-16(20)6-3-12/h4,7-12,16H,2-3,5-6,20H2,1H3,(H,22,24,26). The molecular weight excluding hydrogens is 328 g/mol. The van der Waals surface area contributed by atoms with Gasteiger partial charge in [-0.2, -0.15) is 5.10 Å². The molecule has 1 saturated carbocycles. The first-order valence-corrected chi connectivity index (χ1v) is 8.91. The number of hydrogen-bond donors (Lipinski definition) is 2. The van der Waals surface area contributed by atoms with E-state index in [2.05, 4.69) is 20.6 Å². The fraction of sp³-hybridized carbons (Fsp3) is 0.368. The lowest BCUT2D eigenvalue weighted by Crippen LogP contribution is -2.32. The molecule has 1 aliphatic rings. The largest absolute Gasteiger partial charge is 0.328 e. The summed E-state index contributed by atoms with van der Waals surface area (Å²) in [5.74, 6) is 0.503. The van der Waals surface area contributed by atoms with Gasteiger partial charge in [0.25, 0.3) is 0 Å². The van der Waals surface area contributed by atoms with Crippen molar-refractivity contribution < 1.29 is 4.79 Å². The van der Waals surface area contributed by atoms with Gasteiger partial charge in [0.1, 0.15) is 0 Å². The van der Waals surface area contributed by atoms with Gasteiger partial charge in [0.2, 0.25) is 5.91 Å². The molecule has 1 aromatic carbocycles. The van der Waals surface area contributed by atoms with E-state index >= 15 is 0 Å². The number of nitrogens with two attached hydrogens (primary N) is 1. The SMILES string of the molecule is Cn1cc(-c2ccc3nnc(NC(=O)C4CCC(N)CC4)cc3c2)cn1. The number of fused-ring (bicyclic) bond motifs is 1. The Labute approximate surface area is 151 Å². The fourth-order valence-corrected chi connectivity index (χ4v) is 3.47. The van der Waals surface area contributed by atoms with Crippen molar-refractivity contribution >= 4 is 22.6 Å². The lowest BCUT2D eigenvalue weighted by molar-refractivity contribution is -0.120. The summed E-state index contributed by atoms with van der Waals surface area (Å²) in [6, 6.07) is 8.06. The van der Waals surface area contributed by atoms with Gasteiger partial charge in [-0.05, 0) is 49.4 Å². The molecule has 0 saturated heterocycles. The predicted octanol–water partition coefficient (Wildman–Crippen LogP) is 2.49. The van der Waals surface area contributed by atoms with Crippen molar-refractivity contribution in [3.05, 3.63) is 36.7 Å². The number of rotatable bonds is 3. The molecule has 7 nitrogen and oxygen atoms in total. The molecule has 0 bridgehead atoms. The summed E-state index contributed by atoms with van der Waals surface area (Å²) in [6.07, 6.45) is 7.25. The average Bonchev–Trinajstić information content (AvgIpc) is 3.08. The van der Waals surface area contributed by atoms with Gasteiger partial charge in [0.05, 0.1) is 11.7 Å². The highest BCUT2D eigenvalue weighted by molar-refractivity contribution is 5.94. The molecule has 0 spiro atoms. The number of nitrogens with zero attached hydrogens (tertiary/aromatic N) is 4. The van der Waals surface area contributed by atoms with Gasteiger partial charge >= 0.3 is 0 Å². The van der Waals surface area contributed by atoms with Crippen LogP contribution in [0.15, 0.2) is 36.7 Å². The molecule has 0 radical (unpaired) electrons. The number of carbonyl (C=O) groups excluding carboxylic acids is 1. The summed E-state index contributed by atoms with van der Waals surface area (Å²) < 4.78 is 1.77. The Morgan fingerprint density at radius 1 is 1.15 bits per heavy atom. The van der Waals surface area contributed by atoms with Crippen LogP contribution in [0.25, 0.3) is 22.0 Å². The van der Waals surface area contributed by atoms with Crippen LogP contribution in [0.5, 0.6) is 0 Å². The Bertz CT molecular complexity index is 942. The molecule has 0 unspecified atom stereocenters. The first kappa shape index (κ1) is 16.7. The second-order valence-corrected chi connectivity index (χ2v) is 7.01. The van der Waals surface area contributed by atoms with Crippen molar-refractivity contribution in [2.24, 2.45) is 18.7 Å². The molecule has 134 valence electrons. The summed E-state index contributed by atoms with van der Waals surface area (Å²) in [7, 11) is 1.89. The van der Waals surface area contributed by atoms with Crippen LogP contribution in [-0.4, -0.2) is 31.9 Å². The van der Waals surface area contributed by atoms with Crippen LogP contribution in [0.3, 0.4) is 0 Å². The molecule has 1 fully saturated rings. The smallest absolute Gasteiger partial charge is 0.228 e. The maximum atomic E-state index is 12.5. The Morgan fingerprint density at radius 2 is 1.96 bits per heavy atom. The third-order valence-corrected chi connectivity index (χ3v) is 5.02. The van der Waals surface area contributed by atoms with Crippen molar-refractivity contribution in [2.75, 3.05) is 5.32 Å². The normalized spacial score (nSPS) is 20.2. The monoisotopic (exact) mass is 350 g/mol. The number of aromatic nitrogens is 4.